The summed E-state index contributed by atoms with van der Waals surface area (Å²) < 4.78 is 35.0. The fourth-order valence-corrected chi connectivity index (χ4v) is 1.14. The minimum Gasteiger partial charge on any atom is -0.748 e. The van der Waals surface area contributed by atoms with E-state index in [1.165, 1.54) is 6.08 Å². The second kappa shape index (κ2) is 7.02. The molecule has 0 aromatic heterocycles. The molecule has 0 saturated carbocycles. The Hall–Kier alpha value is -0.430. The Bertz CT molecular complexity index is 221. The monoisotopic (exact) mass is 211 g/mol. The number of hydrogen-bond donors (Lipinski definition) is 1. The summed E-state index contributed by atoms with van der Waals surface area (Å²) in [6.07, 6.45) is 0.200. The largest absolute Gasteiger partial charge is 0.748 e. The van der Waals surface area contributed by atoms with Gasteiger partial charge in [0, 0.05) is 0 Å². The summed E-state index contributed by atoms with van der Waals surface area (Å²) in [6, 6.07) is 0. The molecule has 80 valence electrons. The maximum Gasteiger partial charge on any atom is 0.0972 e. The van der Waals surface area contributed by atoms with E-state index in [-0.39, 0.29) is 20.6 Å². The molecule has 0 radical (unpaired) electrons. The molecule has 0 bridgehead atoms. The Balaban J connectivity index is 0. The third-order valence-electron chi connectivity index (χ3n) is 0.942. The SMILES string of the molecule is C.C=CCOCC(O)CS(=O)(=O)[O-]. The van der Waals surface area contributed by atoms with Crippen molar-refractivity contribution in [3.8, 4) is 0 Å². The minimum absolute atomic E-state index is 0. The predicted molar refractivity (Wildman–Crippen MR) is 48.3 cm³/mol. The first kappa shape index (κ1) is 15.1. The van der Waals surface area contributed by atoms with Gasteiger partial charge in [-0.25, -0.2) is 8.42 Å². The van der Waals surface area contributed by atoms with Gasteiger partial charge in [-0.1, -0.05) is 13.5 Å². The van der Waals surface area contributed by atoms with E-state index in [1.807, 2.05) is 0 Å². The van der Waals surface area contributed by atoms with Crippen LogP contribution in [0.4, 0.5) is 0 Å². The molecule has 0 spiro atoms. The van der Waals surface area contributed by atoms with E-state index in [0.29, 0.717) is 0 Å². The van der Waals surface area contributed by atoms with Crippen LogP contribution in [-0.2, 0) is 14.9 Å². The predicted octanol–water partition coefficient (Wildman–Crippen LogP) is -0.269. The average molecular weight is 211 g/mol. The van der Waals surface area contributed by atoms with Crippen LogP contribution >= 0.6 is 0 Å². The molecule has 13 heavy (non-hydrogen) atoms. The summed E-state index contributed by atoms with van der Waals surface area (Å²) >= 11 is 0. The molecule has 0 fully saturated rings. The summed E-state index contributed by atoms with van der Waals surface area (Å²) in [5.41, 5.74) is 0. The van der Waals surface area contributed by atoms with E-state index >= 15 is 0 Å². The fraction of sp³-hybridized carbons (Fsp3) is 0.714. The molecule has 0 amide bonds. The highest BCUT2D eigenvalue weighted by Gasteiger charge is 2.07. The molecule has 1 atom stereocenters. The second-order valence-electron chi connectivity index (χ2n) is 2.20. The maximum atomic E-state index is 10.1. The first-order valence-corrected chi connectivity index (χ1v) is 4.83. The lowest BCUT2D eigenvalue weighted by atomic mass is 10.4. The molecule has 1 N–H and O–H groups in total. The van der Waals surface area contributed by atoms with Crippen molar-refractivity contribution in [2.24, 2.45) is 0 Å². The van der Waals surface area contributed by atoms with Crippen LogP contribution in [0.2, 0.25) is 0 Å². The van der Waals surface area contributed by atoms with Crippen molar-refractivity contribution in [3.05, 3.63) is 12.7 Å². The van der Waals surface area contributed by atoms with Gasteiger partial charge in [0.15, 0.2) is 0 Å². The third kappa shape index (κ3) is 11.6. The van der Waals surface area contributed by atoms with Gasteiger partial charge in [0.2, 0.25) is 0 Å². The lowest BCUT2D eigenvalue weighted by Crippen LogP contribution is -2.25. The minimum atomic E-state index is -4.37. The van der Waals surface area contributed by atoms with E-state index in [1.54, 1.807) is 0 Å². The van der Waals surface area contributed by atoms with Crippen LogP contribution in [0.1, 0.15) is 7.43 Å². The summed E-state index contributed by atoms with van der Waals surface area (Å²) in [4.78, 5) is 0. The number of aliphatic hydroxyl groups excluding tert-OH is 1. The number of rotatable bonds is 6. The zero-order valence-electron chi connectivity index (χ0n) is 6.47. The van der Waals surface area contributed by atoms with E-state index in [9.17, 15) is 13.0 Å². The van der Waals surface area contributed by atoms with Crippen molar-refractivity contribution < 1.29 is 22.8 Å². The zero-order chi connectivity index (χ0) is 9.61. The van der Waals surface area contributed by atoms with Crippen LogP contribution in [0.3, 0.4) is 0 Å². The molecule has 0 rings (SSSR count). The topological polar surface area (TPSA) is 86.7 Å². The van der Waals surface area contributed by atoms with Crippen molar-refractivity contribution in [2.45, 2.75) is 13.5 Å². The van der Waals surface area contributed by atoms with Gasteiger partial charge in [0.1, 0.15) is 0 Å². The Morgan fingerprint density at radius 2 is 2.15 bits per heavy atom. The van der Waals surface area contributed by atoms with Gasteiger partial charge in [-0.15, -0.1) is 6.58 Å². The van der Waals surface area contributed by atoms with Crippen molar-refractivity contribution >= 4 is 10.1 Å². The lowest BCUT2D eigenvalue weighted by molar-refractivity contribution is 0.0607. The smallest absolute Gasteiger partial charge is 0.0972 e. The van der Waals surface area contributed by atoms with Gasteiger partial charge in [0.25, 0.3) is 0 Å². The second-order valence-corrected chi connectivity index (χ2v) is 3.65. The highest BCUT2D eigenvalue weighted by molar-refractivity contribution is 7.85. The Morgan fingerprint density at radius 1 is 1.62 bits per heavy atom. The van der Waals surface area contributed by atoms with E-state index in [2.05, 4.69) is 6.58 Å². The first-order chi connectivity index (χ1) is 5.45. The van der Waals surface area contributed by atoms with Gasteiger partial charge in [-0.05, 0) is 0 Å². The molecule has 0 aromatic carbocycles. The number of ether oxygens (including phenoxy) is 1. The number of hydrogen-bond acceptors (Lipinski definition) is 5. The Morgan fingerprint density at radius 3 is 2.54 bits per heavy atom. The summed E-state index contributed by atoms with van der Waals surface area (Å²) in [6.45, 7) is 3.39. The number of aliphatic hydroxyl groups is 1. The van der Waals surface area contributed by atoms with Gasteiger partial charge in [-0.3, -0.25) is 0 Å². The van der Waals surface area contributed by atoms with E-state index in [4.69, 9.17) is 9.84 Å². The molecule has 5 nitrogen and oxygen atoms in total. The van der Waals surface area contributed by atoms with Gasteiger partial charge in [-0.2, -0.15) is 0 Å². The van der Waals surface area contributed by atoms with Crippen molar-refractivity contribution in [3.63, 3.8) is 0 Å². The van der Waals surface area contributed by atoms with Crippen LogP contribution < -0.4 is 0 Å². The van der Waals surface area contributed by atoms with E-state index in [0.717, 1.165) is 0 Å². The molecule has 0 aliphatic rings. The van der Waals surface area contributed by atoms with E-state index < -0.39 is 22.0 Å². The van der Waals surface area contributed by atoms with Gasteiger partial charge in [0.05, 0.1) is 35.2 Å². The molecule has 6 heteroatoms. The van der Waals surface area contributed by atoms with Crippen LogP contribution in [0, 0.1) is 0 Å². The highest BCUT2D eigenvalue weighted by Crippen LogP contribution is 1.91. The standard InChI is InChI=1S/C6H12O5S.CH4/c1-2-3-11-4-6(7)5-12(8,9)10;/h2,6-7H,1,3-5H2,(H,8,9,10);1H4/p-1. The molecule has 0 aliphatic carbocycles. The molecule has 0 aliphatic heterocycles. The first-order valence-electron chi connectivity index (χ1n) is 3.26. The highest BCUT2D eigenvalue weighted by atomic mass is 32.2. The molecule has 0 heterocycles. The molecule has 1 unspecified atom stereocenters. The Kier molecular flexibility index (Phi) is 8.13. The van der Waals surface area contributed by atoms with Gasteiger partial charge >= 0.3 is 0 Å². The normalized spacial score (nSPS) is 13.1. The maximum absolute atomic E-state index is 10.1. The Labute approximate surface area is 78.8 Å². The molecule has 0 aromatic rings. The van der Waals surface area contributed by atoms with Crippen molar-refractivity contribution in [2.75, 3.05) is 19.0 Å². The average Bonchev–Trinajstić information content (AvgIpc) is 1.84. The zero-order valence-corrected chi connectivity index (χ0v) is 7.29. The van der Waals surface area contributed by atoms with Crippen molar-refractivity contribution in [1.82, 2.24) is 0 Å². The third-order valence-corrected chi connectivity index (χ3v) is 1.74. The van der Waals surface area contributed by atoms with Crippen LogP contribution in [-0.4, -0.2) is 43.1 Å². The van der Waals surface area contributed by atoms with Crippen LogP contribution in [0.25, 0.3) is 0 Å². The fourth-order valence-electron chi connectivity index (χ4n) is 0.571. The summed E-state index contributed by atoms with van der Waals surface area (Å²) in [5.74, 6) is -0.815. The van der Waals surface area contributed by atoms with Crippen molar-refractivity contribution in [1.29, 1.82) is 0 Å². The quantitative estimate of drug-likeness (QED) is 0.371. The van der Waals surface area contributed by atoms with Crippen LogP contribution in [0.15, 0.2) is 12.7 Å². The molecular formula is C7H15O5S-. The van der Waals surface area contributed by atoms with Gasteiger partial charge < -0.3 is 14.4 Å². The molecular weight excluding hydrogens is 196 g/mol. The summed E-state index contributed by atoms with van der Waals surface area (Å²) in [5, 5.41) is 8.87. The van der Waals surface area contributed by atoms with Crippen LogP contribution in [0.5, 0.6) is 0 Å². The summed E-state index contributed by atoms with van der Waals surface area (Å²) in [7, 11) is -4.37. The molecule has 0 saturated heterocycles. The lowest BCUT2D eigenvalue weighted by Gasteiger charge is -2.12.